The smallest absolute Gasteiger partial charge is 0.123 e. The van der Waals surface area contributed by atoms with Crippen LogP contribution in [0.2, 0.25) is 0 Å². The molecule has 0 bridgehead atoms. The van der Waals surface area contributed by atoms with Gasteiger partial charge in [0.1, 0.15) is 5.01 Å². The van der Waals surface area contributed by atoms with Gasteiger partial charge < -0.3 is 0 Å². The van der Waals surface area contributed by atoms with Gasteiger partial charge >= 0.3 is 0 Å². The second-order valence-electron chi connectivity index (χ2n) is 2.78. The zero-order valence-corrected chi connectivity index (χ0v) is 10.4. The monoisotopic (exact) mass is 287 g/mol. The van der Waals surface area contributed by atoms with Crippen molar-refractivity contribution in [2.24, 2.45) is 0 Å². The minimum atomic E-state index is 0.479. The topological polar surface area (TPSA) is 12.9 Å². The predicted molar refractivity (Wildman–Crippen MR) is 64.8 cm³/mol. The molecule has 0 atom stereocenters. The number of alkyl halides is 1. The number of benzene rings is 1. The minimum absolute atomic E-state index is 0.479. The molecule has 72 valence electrons. The van der Waals surface area contributed by atoms with Crippen molar-refractivity contribution in [3.05, 3.63) is 39.8 Å². The lowest BCUT2D eigenvalue weighted by Crippen LogP contribution is -1.78. The number of thiazole rings is 1. The molecule has 0 saturated carbocycles. The molecule has 0 N–H and O–H groups in total. The van der Waals surface area contributed by atoms with Crippen molar-refractivity contribution in [1.29, 1.82) is 0 Å². The lowest BCUT2D eigenvalue weighted by atomic mass is 10.2. The second kappa shape index (κ2) is 4.43. The summed E-state index contributed by atoms with van der Waals surface area (Å²) in [7, 11) is 0. The molecule has 0 unspecified atom stereocenters. The Bertz CT molecular complexity index is 424. The highest BCUT2D eigenvalue weighted by molar-refractivity contribution is 9.10. The third-order valence-corrected chi connectivity index (χ3v) is 3.52. The van der Waals surface area contributed by atoms with Crippen LogP contribution in [0.4, 0.5) is 0 Å². The van der Waals surface area contributed by atoms with E-state index >= 15 is 0 Å². The van der Waals surface area contributed by atoms with Gasteiger partial charge in [0.2, 0.25) is 0 Å². The van der Waals surface area contributed by atoms with Gasteiger partial charge in [-0.25, -0.2) is 4.98 Å². The molecular weight excluding hydrogens is 282 g/mol. The third kappa shape index (κ3) is 2.16. The van der Waals surface area contributed by atoms with E-state index < -0.39 is 0 Å². The van der Waals surface area contributed by atoms with Crippen molar-refractivity contribution in [3.63, 3.8) is 0 Å². The van der Waals surface area contributed by atoms with Crippen molar-refractivity contribution in [3.8, 4) is 10.6 Å². The van der Waals surface area contributed by atoms with Gasteiger partial charge in [0, 0.05) is 15.4 Å². The van der Waals surface area contributed by atoms with E-state index in [-0.39, 0.29) is 0 Å². The van der Waals surface area contributed by atoms with Gasteiger partial charge in [0.15, 0.2) is 0 Å². The van der Waals surface area contributed by atoms with E-state index in [0.717, 1.165) is 20.7 Å². The van der Waals surface area contributed by atoms with Crippen LogP contribution in [0.15, 0.2) is 34.1 Å². The number of hydrogen-bond donors (Lipinski definition) is 0. The van der Waals surface area contributed by atoms with Crippen LogP contribution in [0.5, 0.6) is 0 Å². The number of rotatable bonds is 2. The molecule has 0 aliphatic rings. The van der Waals surface area contributed by atoms with E-state index in [1.807, 2.05) is 29.6 Å². The van der Waals surface area contributed by atoms with Crippen molar-refractivity contribution in [1.82, 2.24) is 4.98 Å². The largest absolute Gasteiger partial charge is 0.240 e. The van der Waals surface area contributed by atoms with Crippen molar-refractivity contribution in [2.75, 3.05) is 0 Å². The van der Waals surface area contributed by atoms with Gasteiger partial charge in [0.05, 0.1) is 11.6 Å². The fourth-order valence-electron chi connectivity index (χ4n) is 1.09. The van der Waals surface area contributed by atoms with Crippen LogP contribution in [0, 0.1) is 0 Å². The Hall–Kier alpha value is -0.380. The van der Waals surface area contributed by atoms with Gasteiger partial charge in [-0.05, 0) is 12.1 Å². The molecule has 2 aromatic rings. The number of aromatic nitrogens is 1. The van der Waals surface area contributed by atoms with Crippen LogP contribution >= 0.6 is 38.9 Å². The summed E-state index contributed by atoms with van der Waals surface area (Å²) in [6.07, 6.45) is 0. The SMILES string of the molecule is ClCc1csc(-c2ccc(Br)cc2)n1. The second-order valence-corrected chi connectivity index (χ2v) is 4.83. The van der Waals surface area contributed by atoms with Crippen LogP contribution < -0.4 is 0 Å². The van der Waals surface area contributed by atoms with Gasteiger partial charge in [-0.1, -0.05) is 28.1 Å². The molecule has 0 saturated heterocycles. The zero-order chi connectivity index (χ0) is 9.97. The minimum Gasteiger partial charge on any atom is -0.240 e. The molecular formula is C10H7BrClNS. The fraction of sp³-hybridized carbons (Fsp3) is 0.100. The van der Waals surface area contributed by atoms with Gasteiger partial charge in [-0.2, -0.15) is 0 Å². The lowest BCUT2D eigenvalue weighted by Gasteiger charge is -1.95. The standard InChI is InChI=1S/C10H7BrClNS/c11-8-3-1-7(2-4-8)10-13-9(5-12)6-14-10/h1-4,6H,5H2. The maximum absolute atomic E-state index is 5.69. The van der Waals surface area contributed by atoms with Crippen LogP contribution in [-0.4, -0.2) is 4.98 Å². The summed E-state index contributed by atoms with van der Waals surface area (Å²) in [5, 5.41) is 3.01. The Balaban J connectivity index is 2.34. The first-order chi connectivity index (χ1) is 6.79. The highest BCUT2D eigenvalue weighted by Gasteiger charge is 2.03. The van der Waals surface area contributed by atoms with E-state index in [0.29, 0.717) is 5.88 Å². The Morgan fingerprint density at radius 1 is 1.29 bits per heavy atom. The predicted octanol–water partition coefficient (Wildman–Crippen LogP) is 4.31. The Morgan fingerprint density at radius 3 is 2.57 bits per heavy atom. The molecule has 14 heavy (non-hydrogen) atoms. The van der Waals surface area contributed by atoms with Gasteiger partial charge in [-0.15, -0.1) is 22.9 Å². The number of hydrogen-bond acceptors (Lipinski definition) is 2. The summed E-state index contributed by atoms with van der Waals surface area (Å²) in [5.74, 6) is 0.479. The molecule has 2 rings (SSSR count). The summed E-state index contributed by atoms with van der Waals surface area (Å²) < 4.78 is 1.08. The average Bonchev–Trinajstić information content (AvgIpc) is 2.67. The first kappa shape index (κ1) is 10.1. The number of nitrogens with zero attached hydrogens (tertiary/aromatic N) is 1. The van der Waals surface area contributed by atoms with Crippen LogP contribution in [0.25, 0.3) is 10.6 Å². The van der Waals surface area contributed by atoms with Crippen molar-refractivity contribution < 1.29 is 0 Å². The molecule has 1 aromatic heterocycles. The molecule has 1 heterocycles. The van der Waals surface area contributed by atoms with E-state index in [9.17, 15) is 0 Å². The zero-order valence-electron chi connectivity index (χ0n) is 7.21. The molecule has 4 heteroatoms. The van der Waals surface area contributed by atoms with Crippen molar-refractivity contribution in [2.45, 2.75) is 5.88 Å². The Labute approximate surface area is 99.9 Å². The number of halogens is 2. The van der Waals surface area contributed by atoms with Crippen molar-refractivity contribution >= 4 is 38.9 Å². The highest BCUT2D eigenvalue weighted by atomic mass is 79.9. The molecule has 0 fully saturated rings. The summed E-state index contributed by atoms with van der Waals surface area (Å²) in [5.41, 5.74) is 2.07. The summed E-state index contributed by atoms with van der Waals surface area (Å²) in [4.78, 5) is 4.40. The first-order valence-electron chi connectivity index (χ1n) is 4.06. The molecule has 1 nitrogen and oxygen atoms in total. The normalized spacial score (nSPS) is 10.4. The van der Waals surface area contributed by atoms with E-state index in [1.54, 1.807) is 11.3 Å². The molecule has 1 aromatic carbocycles. The summed E-state index contributed by atoms with van der Waals surface area (Å²) in [6, 6.07) is 8.11. The Morgan fingerprint density at radius 2 is 2.00 bits per heavy atom. The average molecular weight is 289 g/mol. The van der Waals surface area contributed by atoms with Crippen LogP contribution in [-0.2, 0) is 5.88 Å². The molecule has 0 aliphatic carbocycles. The van der Waals surface area contributed by atoms with E-state index in [4.69, 9.17) is 11.6 Å². The Kier molecular flexibility index (Phi) is 3.21. The van der Waals surface area contributed by atoms with E-state index in [1.165, 1.54) is 0 Å². The van der Waals surface area contributed by atoms with Gasteiger partial charge in [0.25, 0.3) is 0 Å². The quantitative estimate of drug-likeness (QED) is 0.750. The summed E-state index contributed by atoms with van der Waals surface area (Å²) >= 11 is 10.7. The maximum atomic E-state index is 5.69. The maximum Gasteiger partial charge on any atom is 0.123 e. The lowest BCUT2D eigenvalue weighted by molar-refractivity contribution is 1.23. The summed E-state index contributed by atoms with van der Waals surface area (Å²) in [6.45, 7) is 0. The van der Waals surface area contributed by atoms with E-state index in [2.05, 4.69) is 20.9 Å². The fourth-order valence-corrected chi connectivity index (χ4v) is 2.41. The highest BCUT2D eigenvalue weighted by Crippen LogP contribution is 2.25. The molecule has 0 amide bonds. The van der Waals surface area contributed by atoms with Crippen LogP contribution in [0.3, 0.4) is 0 Å². The third-order valence-electron chi connectivity index (χ3n) is 1.78. The van der Waals surface area contributed by atoms with Gasteiger partial charge in [-0.3, -0.25) is 0 Å². The molecule has 0 radical (unpaired) electrons. The molecule has 0 aliphatic heterocycles. The molecule has 0 spiro atoms. The van der Waals surface area contributed by atoms with Crippen LogP contribution in [0.1, 0.15) is 5.69 Å². The first-order valence-corrected chi connectivity index (χ1v) is 6.26.